The number of aromatic nitrogens is 2. The number of benzene rings is 1. The highest BCUT2D eigenvalue weighted by Crippen LogP contribution is 2.40. The fourth-order valence-electron chi connectivity index (χ4n) is 4.15. The Morgan fingerprint density at radius 3 is 2.58 bits per heavy atom. The second-order valence-electron chi connectivity index (χ2n) is 8.46. The van der Waals surface area contributed by atoms with Gasteiger partial charge in [0.25, 0.3) is 0 Å². The summed E-state index contributed by atoms with van der Waals surface area (Å²) in [4.78, 5) is 23.5. The third kappa shape index (κ3) is 5.31. The molecular weight excluding hydrogens is 444 g/mol. The molecule has 1 aliphatic heterocycles. The quantitative estimate of drug-likeness (QED) is 0.510. The Morgan fingerprint density at radius 1 is 1.21 bits per heavy atom. The van der Waals surface area contributed by atoms with E-state index < -0.39 is 5.54 Å². The first kappa shape index (κ1) is 23.5. The summed E-state index contributed by atoms with van der Waals surface area (Å²) in [5.41, 5.74) is 2.71. The number of carbonyl (C=O) groups is 1. The van der Waals surface area contributed by atoms with Crippen molar-refractivity contribution in [2.75, 3.05) is 58.1 Å². The normalized spacial score (nSPS) is 17.0. The van der Waals surface area contributed by atoms with Gasteiger partial charge in [0, 0.05) is 33.8 Å². The van der Waals surface area contributed by atoms with Crippen molar-refractivity contribution < 1.29 is 14.3 Å². The van der Waals surface area contributed by atoms with Gasteiger partial charge in [0.05, 0.1) is 25.6 Å². The van der Waals surface area contributed by atoms with Crippen molar-refractivity contribution in [3.05, 3.63) is 34.5 Å². The maximum absolute atomic E-state index is 12.2. The van der Waals surface area contributed by atoms with E-state index in [2.05, 4.69) is 43.0 Å². The number of hydrogen-bond donors (Lipinski definition) is 3. The number of ether oxygens (including phenoxy) is 2. The van der Waals surface area contributed by atoms with Crippen LogP contribution in [0.1, 0.15) is 24.0 Å². The van der Waals surface area contributed by atoms with Crippen molar-refractivity contribution in [1.82, 2.24) is 20.2 Å². The molecular formula is C23H31ClN6O3. The van der Waals surface area contributed by atoms with Gasteiger partial charge in [-0.3, -0.25) is 4.79 Å². The van der Waals surface area contributed by atoms with Crippen LogP contribution in [-0.2, 0) is 22.4 Å². The van der Waals surface area contributed by atoms with Gasteiger partial charge in [-0.05, 0) is 48.9 Å². The summed E-state index contributed by atoms with van der Waals surface area (Å²) < 4.78 is 10.9. The molecule has 9 nitrogen and oxygen atoms in total. The molecule has 2 heterocycles. The van der Waals surface area contributed by atoms with Crippen LogP contribution in [0.25, 0.3) is 0 Å². The van der Waals surface area contributed by atoms with E-state index in [1.54, 1.807) is 21.3 Å². The van der Waals surface area contributed by atoms with Crippen LogP contribution in [0.15, 0.2) is 18.3 Å². The highest BCUT2D eigenvalue weighted by Gasteiger charge is 2.50. The van der Waals surface area contributed by atoms with Gasteiger partial charge in [-0.25, -0.2) is 4.98 Å². The van der Waals surface area contributed by atoms with E-state index in [-0.39, 0.29) is 5.91 Å². The molecule has 0 atom stereocenters. The van der Waals surface area contributed by atoms with E-state index in [9.17, 15) is 4.79 Å². The van der Waals surface area contributed by atoms with E-state index in [0.717, 1.165) is 63.4 Å². The molecule has 10 heteroatoms. The van der Waals surface area contributed by atoms with Gasteiger partial charge in [0.1, 0.15) is 16.3 Å². The van der Waals surface area contributed by atoms with Crippen molar-refractivity contribution in [2.45, 2.75) is 31.2 Å². The average Bonchev–Trinajstić information content (AvgIpc) is 3.63. The number of amides is 1. The minimum atomic E-state index is -0.652. The molecule has 2 aromatic rings. The molecule has 0 saturated heterocycles. The lowest BCUT2D eigenvalue weighted by molar-refractivity contribution is -0.122. The first-order chi connectivity index (χ1) is 16.0. The predicted molar refractivity (Wildman–Crippen MR) is 129 cm³/mol. The molecule has 1 aromatic heterocycles. The number of halogens is 1. The van der Waals surface area contributed by atoms with Crippen LogP contribution in [0.2, 0.25) is 5.02 Å². The number of likely N-dealkylation sites (N-methyl/N-ethyl adjacent to an activating group) is 1. The fraction of sp³-hybridized carbons (Fsp3) is 0.522. The lowest BCUT2D eigenvalue weighted by atomic mass is 10.0. The Kier molecular flexibility index (Phi) is 7.21. The van der Waals surface area contributed by atoms with Crippen LogP contribution in [0.5, 0.6) is 5.75 Å². The van der Waals surface area contributed by atoms with E-state index in [4.69, 9.17) is 21.1 Å². The molecule has 0 radical (unpaired) electrons. The van der Waals surface area contributed by atoms with E-state index >= 15 is 0 Å². The second-order valence-corrected chi connectivity index (χ2v) is 8.86. The summed E-state index contributed by atoms with van der Waals surface area (Å²) in [6.45, 7) is 3.64. The Hall–Kier alpha value is -2.62. The van der Waals surface area contributed by atoms with Crippen LogP contribution >= 0.6 is 11.6 Å². The van der Waals surface area contributed by atoms with Crippen LogP contribution in [0.3, 0.4) is 0 Å². The highest BCUT2D eigenvalue weighted by atomic mass is 35.5. The summed E-state index contributed by atoms with van der Waals surface area (Å²) >= 11 is 6.32. The Bertz CT molecular complexity index is 1010. The number of methoxy groups -OCH3 is 2. The molecule has 2 aliphatic rings. The van der Waals surface area contributed by atoms with Crippen LogP contribution < -0.4 is 20.7 Å². The van der Waals surface area contributed by atoms with Crippen LogP contribution in [0.4, 0.5) is 17.5 Å². The van der Waals surface area contributed by atoms with Crippen molar-refractivity contribution in [1.29, 1.82) is 0 Å². The molecule has 0 spiro atoms. The van der Waals surface area contributed by atoms with Crippen molar-refractivity contribution in [3.8, 4) is 5.75 Å². The smallest absolute Gasteiger partial charge is 0.245 e. The van der Waals surface area contributed by atoms with Gasteiger partial charge in [-0.15, -0.1) is 0 Å². The Balaban J connectivity index is 1.54. The van der Waals surface area contributed by atoms with Gasteiger partial charge < -0.3 is 30.3 Å². The number of nitrogens with one attached hydrogen (secondary N) is 3. The third-order valence-corrected chi connectivity index (χ3v) is 6.56. The standard InChI is InChI=1S/C23H31ClN6O3/c1-25-21(31)23(6-7-23)29-20-17(24)14-26-22(28-20)27-18-12-15-4-8-30(10-11-32-2)9-5-16(15)13-19(18)33-3/h12-14H,4-11H2,1-3H3,(H,25,31)(H2,26,27,28,29). The molecule has 3 N–H and O–H groups in total. The summed E-state index contributed by atoms with van der Waals surface area (Å²) in [7, 11) is 5.02. The maximum atomic E-state index is 12.2. The zero-order valence-electron chi connectivity index (χ0n) is 19.3. The fourth-order valence-corrected chi connectivity index (χ4v) is 4.29. The Labute approximate surface area is 199 Å². The van der Waals surface area contributed by atoms with Gasteiger partial charge in [-0.1, -0.05) is 11.6 Å². The van der Waals surface area contributed by atoms with E-state index in [1.165, 1.54) is 17.3 Å². The van der Waals surface area contributed by atoms with E-state index in [0.29, 0.717) is 16.8 Å². The molecule has 1 aromatic carbocycles. The van der Waals surface area contributed by atoms with E-state index in [1.807, 2.05) is 0 Å². The van der Waals surface area contributed by atoms with Gasteiger partial charge in [-0.2, -0.15) is 4.98 Å². The van der Waals surface area contributed by atoms with Crippen molar-refractivity contribution >= 4 is 35.0 Å². The Morgan fingerprint density at radius 2 is 1.94 bits per heavy atom. The van der Waals surface area contributed by atoms with Crippen LogP contribution in [-0.4, -0.2) is 73.8 Å². The average molecular weight is 475 g/mol. The predicted octanol–water partition coefficient (Wildman–Crippen LogP) is 2.62. The first-order valence-corrected chi connectivity index (χ1v) is 11.6. The minimum absolute atomic E-state index is 0.0707. The van der Waals surface area contributed by atoms with Crippen molar-refractivity contribution in [3.63, 3.8) is 0 Å². The molecule has 4 rings (SSSR count). The van der Waals surface area contributed by atoms with Gasteiger partial charge in [0.2, 0.25) is 11.9 Å². The molecule has 1 amide bonds. The number of fused-ring (bicyclic) bond motifs is 1. The second kappa shape index (κ2) is 10.1. The SMILES string of the molecule is CNC(=O)C1(Nc2nc(Nc3cc4c(cc3OC)CCN(CCOC)CC4)ncc2Cl)CC1. The highest BCUT2D eigenvalue weighted by molar-refractivity contribution is 6.32. The number of hydrogen-bond acceptors (Lipinski definition) is 8. The topological polar surface area (TPSA) is 101 Å². The summed E-state index contributed by atoms with van der Waals surface area (Å²) in [6.07, 6.45) is 4.90. The minimum Gasteiger partial charge on any atom is -0.495 e. The maximum Gasteiger partial charge on any atom is 0.245 e. The monoisotopic (exact) mass is 474 g/mol. The summed E-state index contributed by atoms with van der Waals surface area (Å²) in [6, 6.07) is 4.21. The van der Waals surface area contributed by atoms with Gasteiger partial charge in [0.15, 0.2) is 5.82 Å². The number of rotatable bonds is 9. The molecule has 1 saturated carbocycles. The molecule has 0 unspecified atom stereocenters. The van der Waals surface area contributed by atoms with Crippen LogP contribution in [0, 0.1) is 0 Å². The zero-order valence-corrected chi connectivity index (χ0v) is 20.1. The van der Waals surface area contributed by atoms with Gasteiger partial charge >= 0.3 is 0 Å². The first-order valence-electron chi connectivity index (χ1n) is 11.2. The molecule has 0 bridgehead atoms. The molecule has 33 heavy (non-hydrogen) atoms. The lowest BCUT2D eigenvalue weighted by Crippen LogP contribution is -2.40. The molecule has 1 fully saturated rings. The largest absolute Gasteiger partial charge is 0.495 e. The molecule has 178 valence electrons. The summed E-state index contributed by atoms with van der Waals surface area (Å²) in [5, 5.41) is 9.53. The lowest BCUT2D eigenvalue weighted by Gasteiger charge is -2.18. The number of carbonyl (C=O) groups excluding carboxylic acids is 1. The summed E-state index contributed by atoms with van der Waals surface area (Å²) in [5.74, 6) is 1.47. The third-order valence-electron chi connectivity index (χ3n) is 6.29. The number of anilines is 3. The molecule has 1 aliphatic carbocycles. The number of nitrogens with zero attached hydrogens (tertiary/aromatic N) is 3. The van der Waals surface area contributed by atoms with Crippen molar-refractivity contribution in [2.24, 2.45) is 0 Å². The zero-order chi connectivity index (χ0) is 23.4.